The first kappa shape index (κ1) is 15.2. The summed E-state index contributed by atoms with van der Waals surface area (Å²) >= 11 is 0. The molecule has 1 N–H and O–H groups in total. The Kier molecular flexibility index (Phi) is 5.04. The van der Waals surface area contributed by atoms with Crippen LogP contribution in [0, 0.1) is 5.82 Å². The van der Waals surface area contributed by atoms with Crippen molar-refractivity contribution in [3.63, 3.8) is 0 Å². The molecule has 1 aromatic heterocycles. The zero-order valence-corrected chi connectivity index (χ0v) is 12.2. The lowest BCUT2D eigenvalue weighted by Crippen LogP contribution is -2.35. The summed E-state index contributed by atoms with van der Waals surface area (Å²) in [5.74, 6) is -0.708. The molecule has 1 heterocycles. The van der Waals surface area contributed by atoms with Crippen LogP contribution in [-0.4, -0.2) is 16.9 Å². The highest BCUT2D eigenvalue weighted by atomic mass is 19.1. The van der Waals surface area contributed by atoms with Crippen LogP contribution in [0.25, 0.3) is 0 Å². The molecule has 2 rings (SSSR count). The van der Waals surface area contributed by atoms with Gasteiger partial charge in [0.25, 0.3) is 0 Å². The molecule has 0 aliphatic heterocycles. The Morgan fingerprint density at radius 1 is 1.24 bits per heavy atom. The maximum atomic E-state index is 13.1. The number of nitrogens with zero attached hydrogens (tertiary/aromatic N) is 1. The van der Waals surface area contributed by atoms with Gasteiger partial charge in [-0.1, -0.05) is 18.2 Å². The van der Waals surface area contributed by atoms with E-state index in [1.165, 1.54) is 12.1 Å². The second-order valence-electron chi connectivity index (χ2n) is 5.33. The summed E-state index contributed by atoms with van der Waals surface area (Å²) < 4.78 is 13.1. The Morgan fingerprint density at radius 2 is 1.95 bits per heavy atom. The number of pyridine rings is 1. The van der Waals surface area contributed by atoms with Gasteiger partial charge in [0.15, 0.2) is 0 Å². The van der Waals surface area contributed by atoms with Crippen LogP contribution in [0.3, 0.4) is 0 Å². The lowest BCUT2D eigenvalue weighted by Gasteiger charge is -2.19. The van der Waals surface area contributed by atoms with Gasteiger partial charge in [-0.05, 0) is 49.6 Å². The lowest BCUT2D eigenvalue weighted by molar-refractivity contribution is -0.123. The number of rotatable bonds is 5. The number of hydrogen-bond donors (Lipinski definition) is 1. The van der Waals surface area contributed by atoms with Crippen LogP contribution in [0.15, 0.2) is 48.8 Å². The molecule has 3 nitrogen and oxygen atoms in total. The Labute approximate surface area is 124 Å². The number of aromatic nitrogens is 1. The second kappa shape index (κ2) is 6.97. The molecule has 0 fully saturated rings. The van der Waals surface area contributed by atoms with Gasteiger partial charge in [0, 0.05) is 18.4 Å². The van der Waals surface area contributed by atoms with Gasteiger partial charge in [0.05, 0.1) is 5.92 Å². The van der Waals surface area contributed by atoms with Gasteiger partial charge in [-0.2, -0.15) is 0 Å². The molecule has 1 unspecified atom stereocenters. The SMILES string of the molecule is CC(C)NC(=O)C(Cc1cccnc1)c1ccc(F)cc1. The van der Waals surface area contributed by atoms with Crippen molar-refractivity contribution in [2.75, 3.05) is 0 Å². The standard InChI is InChI=1S/C17H19FN2O/c1-12(2)20-17(21)16(10-13-4-3-9-19-11-13)14-5-7-15(18)8-6-14/h3-9,11-12,16H,10H2,1-2H3,(H,20,21). The van der Waals surface area contributed by atoms with Crippen LogP contribution >= 0.6 is 0 Å². The molecule has 0 aliphatic carbocycles. The van der Waals surface area contributed by atoms with Crippen molar-refractivity contribution in [3.8, 4) is 0 Å². The molecule has 0 spiro atoms. The number of carbonyl (C=O) groups excluding carboxylic acids is 1. The highest BCUT2D eigenvalue weighted by Crippen LogP contribution is 2.21. The van der Waals surface area contributed by atoms with Crippen LogP contribution in [0.2, 0.25) is 0 Å². The van der Waals surface area contributed by atoms with E-state index >= 15 is 0 Å². The number of nitrogens with one attached hydrogen (secondary N) is 1. The molecular formula is C17H19FN2O. The average molecular weight is 286 g/mol. The van der Waals surface area contributed by atoms with Crippen LogP contribution in [0.5, 0.6) is 0 Å². The molecule has 2 aromatic rings. The van der Waals surface area contributed by atoms with Crippen molar-refractivity contribution in [3.05, 3.63) is 65.7 Å². The number of halogens is 1. The molecule has 0 aliphatic rings. The lowest BCUT2D eigenvalue weighted by atomic mass is 9.91. The maximum absolute atomic E-state index is 13.1. The van der Waals surface area contributed by atoms with Gasteiger partial charge in [0.1, 0.15) is 5.82 Å². The summed E-state index contributed by atoms with van der Waals surface area (Å²) in [6, 6.07) is 9.94. The highest BCUT2D eigenvalue weighted by molar-refractivity contribution is 5.84. The maximum Gasteiger partial charge on any atom is 0.228 e. The number of carbonyl (C=O) groups is 1. The molecule has 0 radical (unpaired) electrons. The van der Waals surface area contributed by atoms with Gasteiger partial charge in [0.2, 0.25) is 5.91 Å². The van der Waals surface area contributed by atoms with E-state index in [2.05, 4.69) is 10.3 Å². The van der Waals surface area contributed by atoms with E-state index in [1.54, 1.807) is 24.5 Å². The van der Waals surface area contributed by atoms with E-state index in [0.29, 0.717) is 6.42 Å². The van der Waals surface area contributed by atoms with Crippen LogP contribution < -0.4 is 5.32 Å². The van der Waals surface area contributed by atoms with Gasteiger partial charge in [-0.25, -0.2) is 4.39 Å². The third-order valence-corrected chi connectivity index (χ3v) is 3.18. The molecule has 110 valence electrons. The minimum Gasteiger partial charge on any atom is -0.353 e. The minimum absolute atomic E-state index is 0.0551. The molecule has 0 saturated heterocycles. The van der Waals surface area contributed by atoms with Crippen LogP contribution in [-0.2, 0) is 11.2 Å². The number of benzene rings is 1. The van der Waals surface area contributed by atoms with Gasteiger partial charge < -0.3 is 5.32 Å². The normalized spacial score (nSPS) is 12.2. The fraction of sp³-hybridized carbons (Fsp3) is 0.294. The Balaban J connectivity index is 2.25. The fourth-order valence-corrected chi connectivity index (χ4v) is 2.20. The van der Waals surface area contributed by atoms with E-state index in [9.17, 15) is 9.18 Å². The Bertz CT molecular complexity index is 581. The fourth-order valence-electron chi connectivity index (χ4n) is 2.20. The summed E-state index contributed by atoms with van der Waals surface area (Å²) in [5, 5.41) is 2.92. The zero-order chi connectivity index (χ0) is 15.2. The topological polar surface area (TPSA) is 42.0 Å². The average Bonchev–Trinajstić information content (AvgIpc) is 2.46. The number of hydrogen-bond acceptors (Lipinski definition) is 2. The zero-order valence-electron chi connectivity index (χ0n) is 12.2. The van der Waals surface area contributed by atoms with E-state index < -0.39 is 0 Å². The van der Waals surface area contributed by atoms with E-state index in [-0.39, 0.29) is 23.7 Å². The highest BCUT2D eigenvalue weighted by Gasteiger charge is 2.21. The first-order valence-electron chi connectivity index (χ1n) is 7.01. The van der Waals surface area contributed by atoms with Crippen LogP contribution in [0.4, 0.5) is 4.39 Å². The number of amides is 1. The van der Waals surface area contributed by atoms with Gasteiger partial charge in [-0.3, -0.25) is 9.78 Å². The van der Waals surface area contributed by atoms with Crippen molar-refractivity contribution in [2.24, 2.45) is 0 Å². The summed E-state index contributed by atoms with van der Waals surface area (Å²) in [6.07, 6.45) is 3.99. The first-order valence-corrected chi connectivity index (χ1v) is 7.01. The van der Waals surface area contributed by atoms with Crippen molar-refractivity contribution in [2.45, 2.75) is 32.2 Å². The molecule has 1 aromatic carbocycles. The van der Waals surface area contributed by atoms with Gasteiger partial charge in [-0.15, -0.1) is 0 Å². The largest absolute Gasteiger partial charge is 0.353 e. The Hall–Kier alpha value is -2.23. The van der Waals surface area contributed by atoms with Crippen LogP contribution in [0.1, 0.15) is 30.9 Å². The van der Waals surface area contributed by atoms with Crippen molar-refractivity contribution in [1.82, 2.24) is 10.3 Å². The first-order chi connectivity index (χ1) is 10.1. The molecule has 4 heteroatoms. The Morgan fingerprint density at radius 3 is 2.52 bits per heavy atom. The summed E-state index contributed by atoms with van der Waals surface area (Å²) in [4.78, 5) is 16.5. The van der Waals surface area contributed by atoms with E-state index in [1.807, 2.05) is 26.0 Å². The van der Waals surface area contributed by atoms with E-state index in [4.69, 9.17) is 0 Å². The van der Waals surface area contributed by atoms with Crippen molar-refractivity contribution in [1.29, 1.82) is 0 Å². The molecular weight excluding hydrogens is 267 g/mol. The summed E-state index contributed by atoms with van der Waals surface area (Å²) in [7, 11) is 0. The second-order valence-corrected chi connectivity index (χ2v) is 5.33. The predicted molar refractivity (Wildman–Crippen MR) is 80.4 cm³/mol. The van der Waals surface area contributed by atoms with Crippen molar-refractivity contribution >= 4 is 5.91 Å². The summed E-state index contributed by atoms with van der Waals surface area (Å²) in [5.41, 5.74) is 1.78. The van der Waals surface area contributed by atoms with E-state index in [0.717, 1.165) is 11.1 Å². The molecule has 0 saturated carbocycles. The molecule has 21 heavy (non-hydrogen) atoms. The molecule has 0 bridgehead atoms. The quantitative estimate of drug-likeness (QED) is 0.918. The molecule has 1 atom stereocenters. The minimum atomic E-state index is -0.350. The smallest absolute Gasteiger partial charge is 0.228 e. The van der Waals surface area contributed by atoms with Crippen molar-refractivity contribution < 1.29 is 9.18 Å². The molecule has 1 amide bonds. The third kappa shape index (κ3) is 4.38. The van der Waals surface area contributed by atoms with Gasteiger partial charge >= 0.3 is 0 Å². The third-order valence-electron chi connectivity index (χ3n) is 3.18. The monoisotopic (exact) mass is 286 g/mol. The summed E-state index contributed by atoms with van der Waals surface area (Å²) in [6.45, 7) is 3.84. The predicted octanol–water partition coefficient (Wildman–Crippen LogP) is 3.07.